The molecule has 1 saturated heterocycles. The molecule has 1 fully saturated rings. The third-order valence-corrected chi connectivity index (χ3v) is 6.44. The molecule has 39 heavy (non-hydrogen) atoms. The number of halogens is 6. The molecule has 4 rings (SSSR count). The van der Waals surface area contributed by atoms with Gasteiger partial charge in [0.2, 0.25) is 0 Å². The standard InChI is InChI=1S/C27H25ClF5N3O3/c1-16-2-4-17(5-3-16)13-26(23-7-6-19(28)14-34-23,36-25(37)35-21-8-9-38-15-21)18-10-20(29)12-22(11-18)39-27(32,33)24(30)31/h2-7,10-12,14,21,24H,8-9,13,15H2,1H3,(H2,35,36,37)/t21?,26-/m0/s1. The summed E-state index contributed by atoms with van der Waals surface area (Å²) < 4.78 is 77.6. The second-order valence-corrected chi connectivity index (χ2v) is 9.66. The molecule has 0 aliphatic carbocycles. The number of hydrogen-bond donors (Lipinski definition) is 2. The summed E-state index contributed by atoms with van der Waals surface area (Å²) in [7, 11) is 0. The number of carbonyl (C=O) groups is 1. The third kappa shape index (κ3) is 6.96. The Bertz CT molecular complexity index is 1290. The zero-order valence-electron chi connectivity index (χ0n) is 20.7. The van der Waals surface area contributed by atoms with Crippen LogP contribution < -0.4 is 15.4 Å². The van der Waals surface area contributed by atoms with E-state index in [0.717, 1.165) is 17.7 Å². The zero-order chi connectivity index (χ0) is 28.2. The number of hydrogen-bond acceptors (Lipinski definition) is 4. The topological polar surface area (TPSA) is 72.5 Å². The van der Waals surface area contributed by atoms with Gasteiger partial charge >= 0.3 is 18.6 Å². The molecule has 0 spiro atoms. The number of benzene rings is 2. The molecular weight excluding hydrogens is 545 g/mol. The van der Waals surface area contributed by atoms with Gasteiger partial charge in [0.1, 0.15) is 17.1 Å². The minimum atomic E-state index is -4.88. The lowest BCUT2D eigenvalue weighted by Crippen LogP contribution is -2.54. The number of urea groups is 1. The van der Waals surface area contributed by atoms with Gasteiger partial charge in [-0.25, -0.2) is 9.18 Å². The number of ether oxygens (including phenoxy) is 2. The summed E-state index contributed by atoms with van der Waals surface area (Å²) in [4.78, 5) is 17.6. The molecule has 0 bridgehead atoms. The quantitative estimate of drug-likeness (QED) is 0.310. The number of nitrogens with one attached hydrogen (secondary N) is 2. The van der Waals surface area contributed by atoms with Crippen LogP contribution in [0.1, 0.15) is 28.8 Å². The van der Waals surface area contributed by atoms with Gasteiger partial charge in [0.15, 0.2) is 0 Å². The van der Waals surface area contributed by atoms with Crippen LogP contribution in [0.4, 0.5) is 26.7 Å². The van der Waals surface area contributed by atoms with Gasteiger partial charge in [-0.1, -0.05) is 41.4 Å². The van der Waals surface area contributed by atoms with E-state index in [1.807, 2.05) is 19.1 Å². The van der Waals surface area contributed by atoms with E-state index in [1.165, 1.54) is 18.3 Å². The number of alkyl halides is 4. The van der Waals surface area contributed by atoms with Gasteiger partial charge < -0.3 is 20.1 Å². The van der Waals surface area contributed by atoms with Crippen molar-refractivity contribution < 1.29 is 36.2 Å². The van der Waals surface area contributed by atoms with Gasteiger partial charge in [0.25, 0.3) is 0 Å². The van der Waals surface area contributed by atoms with E-state index in [4.69, 9.17) is 16.3 Å². The first-order chi connectivity index (χ1) is 18.5. The van der Waals surface area contributed by atoms with Crippen molar-refractivity contribution in [2.24, 2.45) is 0 Å². The number of amides is 2. The van der Waals surface area contributed by atoms with Crippen LogP contribution in [0.2, 0.25) is 5.02 Å². The zero-order valence-corrected chi connectivity index (χ0v) is 21.5. The summed E-state index contributed by atoms with van der Waals surface area (Å²) in [6.45, 7) is 2.63. The van der Waals surface area contributed by atoms with Crippen molar-refractivity contribution in [2.45, 2.75) is 43.9 Å². The molecule has 12 heteroatoms. The van der Waals surface area contributed by atoms with Crippen LogP contribution in [-0.2, 0) is 16.7 Å². The SMILES string of the molecule is Cc1ccc(C[C@](NC(=O)NC2CCOC2)(c2cc(F)cc(OC(F)(F)C(F)F)c2)c2ccc(Cl)cn2)cc1. The monoisotopic (exact) mass is 569 g/mol. The van der Waals surface area contributed by atoms with Crippen LogP contribution in [0.25, 0.3) is 0 Å². The first-order valence-electron chi connectivity index (χ1n) is 12.0. The van der Waals surface area contributed by atoms with Gasteiger partial charge in [-0.2, -0.15) is 17.6 Å². The maximum atomic E-state index is 14.9. The Morgan fingerprint density at radius 3 is 2.54 bits per heavy atom. The second kappa shape index (κ2) is 11.7. The molecule has 208 valence electrons. The number of pyridine rings is 1. The highest BCUT2D eigenvalue weighted by molar-refractivity contribution is 6.30. The Morgan fingerprint density at radius 1 is 1.18 bits per heavy atom. The smallest absolute Gasteiger partial charge is 0.428 e. The van der Waals surface area contributed by atoms with E-state index < -0.39 is 35.7 Å². The molecule has 0 radical (unpaired) electrons. The molecule has 6 nitrogen and oxygen atoms in total. The number of carbonyl (C=O) groups excluding carboxylic acids is 1. The summed E-state index contributed by atoms with van der Waals surface area (Å²) in [6.07, 6.45) is -7.18. The normalized spacial score (nSPS) is 17.1. The van der Waals surface area contributed by atoms with E-state index in [-0.39, 0.29) is 35.3 Å². The highest BCUT2D eigenvalue weighted by Crippen LogP contribution is 2.37. The van der Waals surface area contributed by atoms with Crippen LogP contribution >= 0.6 is 11.6 Å². The van der Waals surface area contributed by atoms with Crippen LogP contribution in [-0.4, -0.2) is 42.8 Å². The lowest BCUT2D eigenvalue weighted by atomic mass is 9.80. The van der Waals surface area contributed by atoms with Crippen LogP contribution in [0.5, 0.6) is 5.75 Å². The fourth-order valence-electron chi connectivity index (χ4n) is 4.29. The highest BCUT2D eigenvalue weighted by atomic mass is 35.5. The van der Waals surface area contributed by atoms with E-state index in [9.17, 15) is 26.7 Å². The summed E-state index contributed by atoms with van der Waals surface area (Å²) in [5.74, 6) is -1.91. The second-order valence-electron chi connectivity index (χ2n) is 9.23. The van der Waals surface area contributed by atoms with Crippen LogP contribution in [0.3, 0.4) is 0 Å². The van der Waals surface area contributed by atoms with Crippen molar-refractivity contribution in [2.75, 3.05) is 13.2 Å². The van der Waals surface area contributed by atoms with Gasteiger partial charge in [0, 0.05) is 25.3 Å². The molecular formula is C27H25ClF5N3O3. The Balaban J connectivity index is 1.87. The summed E-state index contributed by atoms with van der Waals surface area (Å²) in [6, 6.07) is 11.8. The largest absolute Gasteiger partial charge is 0.461 e. The molecule has 2 N–H and O–H groups in total. The average Bonchev–Trinajstić information content (AvgIpc) is 3.37. The van der Waals surface area contributed by atoms with Crippen molar-refractivity contribution in [3.05, 3.63) is 94.0 Å². The molecule has 1 unspecified atom stereocenters. The maximum absolute atomic E-state index is 14.9. The van der Waals surface area contributed by atoms with Gasteiger partial charge in [-0.3, -0.25) is 4.98 Å². The number of rotatable bonds is 9. The Labute approximate surface area is 226 Å². The van der Waals surface area contributed by atoms with E-state index >= 15 is 0 Å². The number of nitrogens with zero attached hydrogens (tertiary/aromatic N) is 1. The van der Waals surface area contributed by atoms with Crippen molar-refractivity contribution in [1.29, 1.82) is 0 Å². The van der Waals surface area contributed by atoms with Gasteiger partial charge in [-0.15, -0.1) is 0 Å². The molecule has 3 aromatic rings. The average molecular weight is 570 g/mol. The van der Waals surface area contributed by atoms with E-state index in [0.29, 0.717) is 24.7 Å². The lowest BCUT2D eigenvalue weighted by Gasteiger charge is -2.36. The maximum Gasteiger partial charge on any atom is 0.461 e. The predicted molar refractivity (Wildman–Crippen MR) is 134 cm³/mol. The molecule has 2 heterocycles. The summed E-state index contributed by atoms with van der Waals surface area (Å²) >= 11 is 6.05. The van der Waals surface area contributed by atoms with Gasteiger partial charge in [0.05, 0.1) is 23.4 Å². The molecule has 2 amide bonds. The molecule has 1 aliphatic heterocycles. The van der Waals surface area contributed by atoms with Gasteiger partial charge in [-0.05, 0) is 48.7 Å². The van der Waals surface area contributed by atoms with E-state index in [2.05, 4.69) is 20.4 Å². The Morgan fingerprint density at radius 2 is 1.92 bits per heavy atom. The van der Waals surface area contributed by atoms with Crippen molar-refractivity contribution in [1.82, 2.24) is 15.6 Å². The van der Waals surface area contributed by atoms with Crippen molar-refractivity contribution in [3.63, 3.8) is 0 Å². The van der Waals surface area contributed by atoms with Crippen molar-refractivity contribution in [3.8, 4) is 5.75 Å². The minimum absolute atomic E-state index is 0.0232. The highest BCUT2D eigenvalue weighted by Gasteiger charge is 2.45. The predicted octanol–water partition coefficient (Wildman–Crippen LogP) is 5.99. The minimum Gasteiger partial charge on any atom is -0.428 e. The molecule has 2 aromatic carbocycles. The van der Waals surface area contributed by atoms with Crippen LogP contribution in [0, 0.1) is 12.7 Å². The first kappa shape index (κ1) is 28.6. The lowest BCUT2D eigenvalue weighted by molar-refractivity contribution is -0.253. The fraction of sp³-hybridized carbons (Fsp3) is 0.333. The summed E-state index contributed by atoms with van der Waals surface area (Å²) in [5, 5.41) is 5.91. The van der Waals surface area contributed by atoms with E-state index in [1.54, 1.807) is 12.1 Å². The molecule has 1 aromatic heterocycles. The summed E-state index contributed by atoms with van der Waals surface area (Å²) in [5.41, 5.74) is 0.0605. The molecule has 0 saturated carbocycles. The van der Waals surface area contributed by atoms with Crippen molar-refractivity contribution >= 4 is 17.6 Å². The first-order valence-corrected chi connectivity index (χ1v) is 12.3. The molecule has 1 aliphatic rings. The Kier molecular flexibility index (Phi) is 8.60. The molecule has 2 atom stereocenters. The number of aromatic nitrogens is 1. The fourth-order valence-corrected chi connectivity index (χ4v) is 4.41. The van der Waals surface area contributed by atoms with Crippen LogP contribution in [0.15, 0.2) is 60.8 Å². The third-order valence-electron chi connectivity index (χ3n) is 6.22. The number of aryl methyl sites for hydroxylation is 1. The Hall–Kier alpha value is -3.44.